The van der Waals surface area contributed by atoms with Crippen molar-refractivity contribution in [1.29, 1.82) is 0 Å². The minimum atomic E-state index is 0.0651. The van der Waals surface area contributed by atoms with Crippen LogP contribution in [-0.2, 0) is 6.54 Å². The molecular weight excluding hydrogens is 314 g/mol. The van der Waals surface area contributed by atoms with E-state index in [-0.39, 0.29) is 5.54 Å². The lowest BCUT2D eigenvalue weighted by molar-refractivity contribution is 0.349. The number of ether oxygens (including phenoxy) is 1. The third kappa shape index (κ3) is 5.89. The van der Waals surface area contributed by atoms with Crippen LogP contribution in [0, 0.1) is 0 Å². The van der Waals surface area contributed by atoms with Crippen molar-refractivity contribution >= 4 is 27.5 Å². The van der Waals surface area contributed by atoms with E-state index in [9.17, 15) is 0 Å². The highest BCUT2D eigenvalue weighted by molar-refractivity contribution is 9.10. The van der Waals surface area contributed by atoms with E-state index in [2.05, 4.69) is 48.6 Å². The summed E-state index contributed by atoms with van der Waals surface area (Å²) in [5.41, 5.74) is 1.16. The fourth-order valence-electron chi connectivity index (χ4n) is 1.34. The number of halogens is 2. The van der Waals surface area contributed by atoms with Gasteiger partial charge in [-0.15, -0.1) is 0 Å². The molecule has 0 amide bonds. The molecule has 18 heavy (non-hydrogen) atoms. The molecule has 1 rings (SSSR count). The Morgan fingerprint density at radius 1 is 1.44 bits per heavy atom. The maximum atomic E-state index is 5.72. The zero-order chi connectivity index (χ0) is 13.8. The van der Waals surface area contributed by atoms with Gasteiger partial charge in [0.05, 0.1) is 0 Å². The van der Waals surface area contributed by atoms with Crippen LogP contribution in [0.25, 0.3) is 0 Å². The summed E-state index contributed by atoms with van der Waals surface area (Å²) >= 11 is 9.19. The lowest BCUT2D eigenvalue weighted by atomic mass is 10.1. The predicted octanol–water partition coefficient (Wildman–Crippen LogP) is 4.47. The molecule has 0 bridgehead atoms. The summed E-state index contributed by atoms with van der Waals surface area (Å²) in [5.74, 6) is 0.830. The fourth-order valence-corrected chi connectivity index (χ4v) is 1.81. The molecule has 1 aromatic carbocycles. The van der Waals surface area contributed by atoms with Gasteiger partial charge in [0.15, 0.2) is 0 Å². The Morgan fingerprint density at radius 2 is 2.11 bits per heavy atom. The fraction of sp³-hybridized carbons (Fsp3) is 0.429. The molecule has 0 fully saturated rings. The highest BCUT2D eigenvalue weighted by Crippen LogP contribution is 2.24. The van der Waals surface area contributed by atoms with Gasteiger partial charge in [0, 0.05) is 27.2 Å². The van der Waals surface area contributed by atoms with Gasteiger partial charge in [0.25, 0.3) is 0 Å². The van der Waals surface area contributed by atoms with E-state index in [1.807, 2.05) is 18.2 Å². The summed E-state index contributed by atoms with van der Waals surface area (Å²) < 4.78 is 6.66. The Labute approximate surface area is 122 Å². The number of rotatable bonds is 5. The summed E-state index contributed by atoms with van der Waals surface area (Å²) in [4.78, 5) is 0. The van der Waals surface area contributed by atoms with Crippen molar-refractivity contribution in [1.82, 2.24) is 5.32 Å². The molecule has 0 unspecified atom stereocenters. The summed E-state index contributed by atoms with van der Waals surface area (Å²) in [6, 6.07) is 5.93. The van der Waals surface area contributed by atoms with Gasteiger partial charge in [-0.3, -0.25) is 0 Å². The van der Waals surface area contributed by atoms with Crippen LogP contribution in [0.4, 0.5) is 0 Å². The monoisotopic (exact) mass is 331 g/mol. The molecule has 0 radical (unpaired) electrons. The van der Waals surface area contributed by atoms with Gasteiger partial charge in [0.1, 0.15) is 12.4 Å². The smallest absolute Gasteiger partial charge is 0.124 e. The van der Waals surface area contributed by atoms with Crippen LogP contribution in [-0.4, -0.2) is 12.1 Å². The molecule has 100 valence electrons. The Kier molecular flexibility index (Phi) is 5.70. The molecule has 0 aliphatic rings. The standard InChI is InChI=1S/C14H19BrClNO/c1-10(16)9-18-13-6-5-12(15)7-11(13)8-17-14(2,3)4/h5-7,17H,1,8-9H2,2-4H3. The van der Waals surface area contributed by atoms with E-state index < -0.39 is 0 Å². The van der Waals surface area contributed by atoms with Gasteiger partial charge in [-0.1, -0.05) is 34.1 Å². The summed E-state index contributed by atoms with van der Waals surface area (Å²) in [7, 11) is 0. The molecule has 4 heteroatoms. The molecule has 1 aromatic rings. The number of benzene rings is 1. The zero-order valence-corrected chi connectivity index (χ0v) is 13.4. The van der Waals surface area contributed by atoms with Gasteiger partial charge in [-0.2, -0.15) is 0 Å². The second-order valence-corrected chi connectivity index (χ2v) is 6.61. The topological polar surface area (TPSA) is 21.3 Å². The van der Waals surface area contributed by atoms with E-state index in [0.29, 0.717) is 11.6 Å². The van der Waals surface area contributed by atoms with Gasteiger partial charge < -0.3 is 10.1 Å². The van der Waals surface area contributed by atoms with Crippen molar-refractivity contribution in [3.8, 4) is 5.75 Å². The second kappa shape index (κ2) is 6.60. The van der Waals surface area contributed by atoms with Crippen LogP contribution in [0.3, 0.4) is 0 Å². The Balaban J connectivity index is 2.79. The van der Waals surface area contributed by atoms with Crippen molar-refractivity contribution in [2.45, 2.75) is 32.9 Å². The lowest BCUT2D eigenvalue weighted by Gasteiger charge is -2.21. The second-order valence-electron chi connectivity index (χ2n) is 5.16. The molecule has 0 saturated carbocycles. The molecule has 2 nitrogen and oxygen atoms in total. The third-order valence-corrected chi connectivity index (χ3v) is 2.82. The molecule has 0 aliphatic carbocycles. The van der Waals surface area contributed by atoms with E-state index in [0.717, 1.165) is 22.3 Å². The molecule has 0 spiro atoms. The van der Waals surface area contributed by atoms with E-state index in [4.69, 9.17) is 16.3 Å². The highest BCUT2D eigenvalue weighted by Gasteiger charge is 2.11. The first-order valence-electron chi connectivity index (χ1n) is 5.77. The van der Waals surface area contributed by atoms with Gasteiger partial charge in [-0.05, 0) is 39.0 Å². The van der Waals surface area contributed by atoms with Crippen LogP contribution >= 0.6 is 27.5 Å². The first-order chi connectivity index (χ1) is 8.28. The zero-order valence-electron chi connectivity index (χ0n) is 11.0. The van der Waals surface area contributed by atoms with E-state index in [1.54, 1.807) is 0 Å². The van der Waals surface area contributed by atoms with E-state index in [1.165, 1.54) is 0 Å². The molecule has 0 atom stereocenters. The normalized spacial score (nSPS) is 11.4. The number of nitrogens with one attached hydrogen (secondary N) is 1. The Morgan fingerprint density at radius 3 is 2.67 bits per heavy atom. The van der Waals surface area contributed by atoms with E-state index >= 15 is 0 Å². The first-order valence-corrected chi connectivity index (χ1v) is 6.94. The molecule has 0 heterocycles. The Bertz CT molecular complexity index is 426. The summed E-state index contributed by atoms with van der Waals surface area (Å²) in [5, 5.41) is 3.93. The van der Waals surface area contributed by atoms with Gasteiger partial charge >= 0.3 is 0 Å². The predicted molar refractivity (Wildman–Crippen MR) is 81.2 cm³/mol. The lowest BCUT2D eigenvalue weighted by Crippen LogP contribution is -2.35. The summed E-state index contributed by atoms with van der Waals surface area (Å²) in [6.45, 7) is 11.1. The van der Waals surface area contributed by atoms with Crippen molar-refractivity contribution in [2.75, 3.05) is 6.61 Å². The van der Waals surface area contributed by atoms with Gasteiger partial charge in [0.2, 0.25) is 0 Å². The highest BCUT2D eigenvalue weighted by atomic mass is 79.9. The molecule has 0 aliphatic heterocycles. The minimum Gasteiger partial charge on any atom is -0.488 e. The SMILES string of the molecule is C=C(Cl)COc1ccc(Br)cc1CNC(C)(C)C. The van der Waals surface area contributed by atoms with Crippen LogP contribution < -0.4 is 10.1 Å². The molecule has 0 aromatic heterocycles. The van der Waals surface area contributed by atoms with Crippen molar-refractivity contribution in [3.63, 3.8) is 0 Å². The van der Waals surface area contributed by atoms with Crippen molar-refractivity contribution in [3.05, 3.63) is 39.8 Å². The first kappa shape index (κ1) is 15.5. The average Bonchev–Trinajstić information content (AvgIpc) is 2.23. The van der Waals surface area contributed by atoms with Crippen molar-refractivity contribution < 1.29 is 4.74 Å². The molecule has 0 saturated heterocycles. The number of hydrogen-bond donors (Lipinski definition) is 1. The maximum Gasteiger partial charge on any atom is 0.124 e. The van der Waals surface area contributed by atoms with Crippen LogP contribution in [0.5, 0.6) is 5.75 Å². The average molecular weight is 333 g/mol. The maximum absolute atomic E-state index is 5.72. The summed E-state index contributed by atoms with van der Waals surface area (Å²) in [6.07, 6.45) is 0. The van der Waals surface area contributed by atoms with Crippen LogP contribution in [0.1, 0.15) is 26.3 Å². The van der Waals surface area contributed by atoms with Gasteiger partial charge in [-0.25, -0.2) is 0 Å². The largest absolute Gasteiger partial charge is 0.488 e. The minimum absolute atomic E-state index is 0.0651. The molecular formula is C14H19BrClNO. The quantitative estimate of drug-likeness (QED) is 0.859. The van der Waals surface area contributed by atoms with Crippen LogP contribution in [0.2, 0.25) is 0 Å². The Hall–Kier alpha value is -0.510. The number of hydrogen-bond acceptors (Lipinski definition) is 2. The third-order valence-electron chi connectivity index (χ3n) is 2.22. The van der Waals surface area contributed by atoms with Crippen molar-refractivity contribution in [2.24, 2.45) is 0 Å². The molecule has 1 N–H and O–H groups in total. The van der Waals surface area contributed by atoms with Crippen LogP contribution in [0.15, 0.2) is 34.3 Å².